The van der Waals surface area contributed by atoms with E-state index in [-0.39, 0.29) is 0 Å². The molecule has 1 fully saturated rings. The first-order valence-corrected chi connectivity index (χ1v) is 5.81. The van der Waals surface area contributed by atoms with Crippen LogP contribution in [0.3, 0.4) is 0 Å². The van der Waals surface area contributed by atoms with Gasteiger partial charge in [0.15, 0.2) is 0 Å². The molecule has 0 atom stereocenters. The van der Waals surface area contributed by atoms with Crippen LogP contribution in [0.2, 0.25) is 0 Å². The third-order valence-corrected chi connectivity index (χ3v) is 2.80. The lowest BCUT2D eigenvalue weighted by Gasteiger charge is -2.18. The van der Waals surface area contributed by atoms with Crippen molar-refractivity contribution in [2.45, 2.75) is 13.0 Å². The van der Waals surface area contributed by atoms with Gasteiger partial charge in [0.25, 0.3) is 0 Å². The number of anilines is 1. The Hall–Kier alpha value is -1.13. The van der Waals surface area contributed by atoms with Crippen LogP contribution in [0.25, 0.3) is 0 Å². The Kier molecular flexibility index (Phi) is 4.13. The van der Waals surface area contributed by atoms with Crippen LogP contribution in [0.4, 0.5) is 5.82 Å². The fourth-order valence-electron chi connectivity index (χ4n) is 1.88. The van der Waals surface area contributed by atoms with Crippen LogP contribution in [0.15, 0.2) is 18.3 Å². The van der Waals surface area contributed by atoms with Gasteiger partial charge in [0.05, 0.1) is 6.61 Å². The van der Waals surface area contributed by atoms with Gasteiger partial charge in [0.1, 0.15) is 5.82 Å². The number of ether oxygens (including phenoxy) is 1. The van der Waals surface area contributed by atoms with Crippen LogP contribution < -0.4 is 5.32 Å². The van der Waals surface area contributed by atoms with Gasteiger partial charge in [-0.2, -0.15) is 0 Å². The van der Waals surface area contributed by atoms with Gasteiger partial charge in [0.2, 0.25) is 0 Å². The van der Waals surface area contributed by atoms with Crippen LogP contribution in [-0.4, -0.2) is 43.2 Å². The zero-order chi connectivity index (χ0) is 11.2. The maximum absolute atomic E-state index is 5.43. The standard InChI is InChI=1S/C12H19N3O/c1-13-12-4-3-11(9-14-12)10-15-5-2-7-16-8-6-15/h3-4,9H,2,5-8,10H2,1H3,(H,13,14). The topological polar surface area (TPSA) is 37.4 Å². The van der Waals surface area contributed by atoms with E-state index in [0.29, 0.717) is 0 Å². The highest BCUT2D eigenvalue weighted by atomic mass is 16.5. The molecule has 1 aromatic rings. The molecule has 4 nitrogen and oxygen atoms in total. The van der Waals surface area contributed by atoms with Crippen molar-refractivity contribution in [3.05, 3.63) is 23.9 Å². The smallest absolute Gasteiger partial charge is 0.125 e. The molecule has 0 aromatic carbocycles. The number of pyridine rings is 1. The second-order valence-corrected chi connectivity index (χ2v) is 4.04. The van der Waals surface area contributed by atoms with E-state index in [0.717, 1.165) is 45.1 Å². The molecule has 0 unspecified atom stereocenters. The number of hydrogen-bond acceptors (Lipinski definition) is 4. The molecule has 2 rings (SSSR count). The lowest BCUT2D eigenvalue weighted by molar-refractivity contribution is 0.140. The first-order valence-electron chi connectivity index (χ1n) is 5.81. The normalized spacial score (nSPS) is 18.1. The molecule has 1 N–H and O–H groups in total. The highest BCUT2D eigenvalue weighted by Crippen LogP contribution is 2.09. The summed E-state index contributed by atoms with van der Waals surface area (Å²) in [5.41, 5.74) is 1.26. The number of nitrogens with zero attached hydrogens (tertiary/aromatic N) is 2. The van der Waals surface area contributed by atoms with E-state index in [1.54, 1.807) is 0 Å². The van der Waals surface area contributed by atoms with Crippen LogP contribution in [0.1, 0.15) is 12.0 Å². The maximum atomic E-state index is 5.43. The molecular weight excluding hydrogens is 202 g/mol. The van der Waals surface area contributed by atoms with Crippen LogP contribution in [0, 0.1) is 0 Å². The van der Waals surface area contributed by atoms with Crippen molar-refractivity contribution < 1.29 is 4.74 Å². The monoisotopic (exact) mass is 221 g/mol. The maximum Gasteiger partial charge on any atom is 0.125 e. The summed E-state index contributed by atoms with van der Waals surface area (Å²) in [4.78, 5) is 6.74. The predicted octanol–water partition coefficient (Wildman–Crippen LogP) is 1.35. The van der Waals surface area contributed by atoms with Crippen molar-refractivity contribution >= 4 is 5.82 Å². The predicted molar refractivity (Wildman–Crippen MR) is 64.5 cm³/mol. The number of nitrogens with one attached hydrogen (secondary N) is 1. The van der Waals surface area contributed by atoms with E-state index >= 15 is 0 Å². The molecule has 0 radical (unpaired) electrons. The number of rotatable bonds is 3. The van der Waals surface area contributed by atoms with Crippen molar-refractivity contribution in [1.29, 1.82) is 0 Å². The Morgan fingerprint density at radius 1 is 1.38 bits per heavy atom. The largest absolute Gasteiger partial charge is 0.380 e. The summed E-state index contributed by atoms with van der Waals surface area (Å²) in [7, 11) is 1.88. The Balaban J connectivity index is 1.91. The highest BCUT2D eigenvalue weighted by Gasteiger charge is 2.09. The van der Waals surface area contributed by atoms with Gasteiger partial charge in [-0.15, -0.1) is 0 Å². The van der Waals surface area contributed by atoms with E-state index in [2.05, 4.69) is 21.3 Å². The van der Waals surface area contributed by atoms with E-state index in [1.165, 1.54) is 5.56 Å². The summed E-state index contributed by atoms with van der Waals surface area (Å²) in [5.74, 6) is 0.919. The minimum absolute atomic E-state index is 0.849. The molecule has 0 saturated carbocycles. The second kappa shape index (κ2) is 5.82. The summed E-state index contributed by atoms with van der Waals surface area (Å²) < 4.78 is 5.43. The van der Waals surface area contributed by atoms with E-state index in [9.17, 15) is 0 Å². The molecule has 1 saturated heterocycles. The van der Waals surface area contributed by atoms with E-state index in [1.807, 2.05) is 19.3 Å². The summed E-state index contributed by atoms with van der Waals surface area (Å²) in [6.07, 6.45) is 3.07. The highest BCUT2D eigenvalue weighted by molar-refractivity contribution is 5.34. The van der Waals surface area contributed by atoms with Gasteiger partial charge in [0, 0.05) is 39.5 Å². The minimum atomic E-state index is 0.849. The molecular formula is C12H19N3O. The fraction of sp³-hybridized carbons (Fsp3) is 0.583. The first-order chi connectivity index (χ1) is 7.88. The Morgan fingerprint density at radius 2 is 2.31 bits per heavy atom. The van der Waals surface area contributed by atoms with Crippen molar-refractivity contribution in [1.82, 2.24) is 9.88 Å². The molecule has 0 bridgehead atoms. The van der Waals surface area contributed by atoms with Gasteiger partial charge in [-0.1, -0.05) is 6.07 Å². The Morgan fingerprint density at radius 3 is 3.06 bits per heavy atom. The van der Waals surface area contributed by atoms with Crippen molar-refractivity contribution in [3.63, 3.8) is 0 Å². The summed E-state index contributed by atoms with van der Waals surface area (Å²) in [6, 6.07) is 4.15. The van der Waals surface area contributed by atoms with Gasteiger partial charge >= 0.3 is 0 Å². The molecule has 2 heterocycles. The van der Waals surface area contributed by atoms with Crippen LogP contribution in [-0.2, 0) is 11.3 Å². The third-order valence-electron chi connectivity index (χ3n) is 2.80. The van der Waals surface area contributed by atoms with Gasteiger partial charge in [-0.25, -0.2) is 4.98 Å². The minimum Gasteiger partial charge on any atom is -0.380 e. The molecule has 4 heteroatoms. The zero-order valence-corrected chi connectivity index (χ0v) is 9.78. The van der Waals surface area contributed by atoms with Gasteiger partial charge in [-0.05, 0) is 18.1 Å². The average molecular weight is 221 g/mol. The summed E-state index contributed by atoms with van der Waals surface area (Å²) >= 11 is 0. The summed E-state index contributed by atoms with van der Waals surface area (Å²) in [5, 5.41) is 3.02. The van der Waals surface area contributed by atoms with Gasteiger partial charge in [-0.3, -0.25) is 4.90 Å². The molecule has 1 aliphatic heterocycles. The molecule has 16 heavy (non-hydrogen) atoms. The third kappa shape index (κ3) is 3.18. The first kappa shape index (κ1) is 11.4. The Labute approximate surface area is 96.6 Å². The molecule has 0 aliphatic carbocycles. The van der Waals surface area contributed by atoms with Crippen LogP contribution in [0.5, 0.6) is 0 Å². The Bertz CT molecular complexity index is 305. The van der Waals surface area contributed by atoms with Crippen molar-refractivity contribution in [2.24, 2.45) is 0 Å². The molecule has 1 aliphatic rings. The molecule has 0 spiro atoms. The second-order valence-electron chi connectivity index (χ2n) is 4.04. The lowest BCUT2D eigenvalue weighted by atomic mass is 10.2. The zero-order valence-electron chi connectivity index (χ0n) is 9.78. The van der Waals surface area contributed by atoms with Crippen LogP contribution >= 0.6 is 0 Å². The number of aromatic nitrogens is 1. The number of hydrogen-bond donors (Lipinski definition) is 1. The lowest BCUT2D eigenvalue weighted by Crippen LogP contribution is -2.25. The van der Waals surface area contributed by atoms with Gasteiger partial charge < -0.3 is 10.1 Å². The molecule has 1 aromatic heterocycles. The SMILES string of the molecule is CNc1ccc(CN2CCCOCC2)cn1. The molecule has 0 amide bonds. The van der Waals surface area contributed by atoms with Crippen molar-refractivity contribution in [3.8, 4) is 0 Å². The average Bonchev–Trinajstić information content (AvgIpc) is 2.59. The van der Waals surface area contributed by atoms with Crippen molar-refractivity contribution in [2.75, 3.05) is 38.7 Å². The molecule has 88 valence electrons. The summed E-state index contributed by atoms with van der Waals surface area (Å²) in [6.45, 7) is 4.86. The quantitative estimate of drug-likeness (QED) is 0.836. The van der Waals surface area contributed by atoms with E-state index < -0.39 is 0 Å². The fourth-order valence-corrected chi connectivity index (χ4v) is 1.88. The van der Waals surface area contributed by atoms with E-state index in [4.69, 9.17) is 4.74 Å².